The molecule has 0 aromatic rings. The highest BCUT2D eigenvalue weighted by Gasteiger charge is 2.71. The molecule has 0 radical (unpaired) electrons. The Hall–Kier alpha value is -0.910. The number of aliphatic carboxylic acids is 1. The summed E-state index contributed by atoms with van der Waals surface area (Å²) in [5, 5.41) is 44.6. The van der Waals surface area contributed by atoms with Gasteiger partial charge in [-0.2, -0.15) is 0 Å². The SMILES string of the molecule is CC1(C)CCC2(C(=O)O)CCC3(C)C(=CCC4C5(C)C(O)CC(O)C(C)(C)C5CCC43C)C2C1O. The Balaban J connectivity index is 1.65. The number of carboxylic acid groups (broad SMARTS) is 1. The second-order valence-electron chi connectivity index (χ2n) is 15.1. The van der Waals surface area contributed by atoms with Crippen LogP contribution < -0.4 is 0 Å². The zero-order chi connectivity index (χ0) is 26.0. The summed E-state index contributed by atoms with van der Waals surface area (Å²) in [6.45, 7) is 15.5. The molecule has 5 nitrogen and oxygen atoms in total. The molecule has 5 heteroatoms. The van der Waals surface area contributed by atoms with Gasteiger partial charge < -0.3 is 20.4 Å². The second kappa shape index (κ2) is 7.35. The van der Waals surface area contributed by atoms with E-state index in [0.29, 0.717) is 19.3 Å². The zero-order valence-corrected chi connectivity index (χ0v) is 22.9. The topological polar surface area (TPSA) is 98.0 Å². The van der Waals surface area contributed by atoms with Crippen molar-refractivity contribution < 1.29 is 25.2 Å². The number of aliphatic hydroxyl groups is 3. The third kappa shape index (κ3) is 2.90. The molecule has 5 aliphatic carbocycles. The van der Waals surface area contributed by atoms with Crippen molar-refractivity contribution in [2.75, 3.05) is 0 Å². The monoisotopic (exact) mass is 488 g/mol. The van der Waals surface area contributed by atoms with Gasteiger partial charge in [0, 0.05) is 17.8 Å². The fraction of sp³-hybridized carbons (Fsp3) is 0.900. The van der Waals surface area contributed by atoms with Crippen molar-refractivity contribution in [2.24, 2.45) is 50.2 Å². The summed E-state index contributed by atoms with van der Waals surface area (Å²) >= 11 is 0. The fourth-order valence-electron chi connectivity index (χ4n) is 10.5. The highest BCUT2D eigenvalue weighted by Crippen LogP contribution is 2.75. The van der Waals surface area contributed by atoms with Gasteiger partial charge in [-0.25, -0.2) is 0 Å². The van der Waals surface area contributed by atoms with E-state index in [1.165, 1.54) is 5.57 Å². The van der Waals surface area contributed by atoms with Crippen molar-refractivity contribution in [1.29, 1.82) is 0 Å². The predicted octanol–water partition coefficient (Wildman–Crippen LogP) is 5.18. The summed E-state index contributed by atoms with van der Waals surface area (Å²) in [5.74, 6) is -0.636. The molecule has 10 unspecified atom stereocenters. The molecule has 0 heterocycles. The quantitative estimate of drug-likeness (QED) is 0.382. The molecule has 0 saturated heterocycles. The van der Waals surface area contributed by atoms with Crippen LogP contribution >= 0.6 is 0 Å². The van der Waals surface area contributed by atoms with E-state index >= 15 is 0 Å². The lowest BCUT2D eigenvalue weighted by Crippen LogP contribution is -2.69. The van der Waals surface area contributed by atoms with Gasteiger partial charge in [-0.3, -0.25) is 4.79 Å². The molecule has 5 rings (SSSR count). The van der Waals surface area contributed by atoms with Crippen molar-refractivity contribution in [3.8, 4) is 0 Å². The first-order valence-corrected chi connectivity index (χ1v) is 14.0. The first kappa shape index (κ1) is 25.7. The van der Waals surface area contributed by atoms with Crippen LogP contribution in [0.3, 0.4) is 0 Å². The number of carboxylic acids is 1. The van der Waals surface area contributed by atoms with E-state index in [9.17, 15) is 25.2 Å². The van der Waals surface area contributed by atoms with E-state index in [2.05, 4.69) is 54.5 Å². The predicted molar refractivity (Wildman–Crippen MR) is 135 cm³/mol. The Labute approximate surface area is 211 Å². The van der Waals surface area contributed by atoms with Crippen LogP contribution in [-0.2, 0) is 4.79 Å². The summed E-state index contributed by atoms with van der Waals surface area (Å²) in [6.07, 6.45) is 6.49. The summed E-state index contributed by atoms with van der Waals surface area (Å²) in [7, 11) is 0. The molecule has 5 aliphatic rings. The van der Waals surface area contributed by atoms with Crippen LogP contribution in [0, 0.1) is 50.2 Å². The smallest absolute Gasteiger partial charge is 0.310 e. The Morgan fingerprint density at radius 1 is 0.857 bits per heavy atom. The molecular formula is C30H48O5. The Bertz CT molecular complexity index is 952. The summed E-state index contributed by atoms with van der Waals surface area (Å²) in [5.41, 5.74) is -0.918. The van der Waals surface area contributed by atoms with E-state index in [1.807, 2.05) is 0 Å². The first-order valence-electron chi connectivity index (χ1n) is 14.0. The minimum absolute atomic E-state index is 0.104. The molecule has 4 N–H and O–H groups in total. The summed E-state index contributed by atoms with van der Waals surface area (Å²) in [6, 6.07) is 0. The molecule has 0 amide bonds. The highest BCUT2D eigenvalue weighted by atomic mass is 16.4. The van der Waals surface area contributed by atoms with E-state index < -0.39 is 29.7 Å². The molecule has 198 valence electrons. The maximum Gasteiger partial charge on any atom is 0.310 e. The number of allylic oxidation sites excluding steroid dienone is 1. The van der Waals surface area contributed by atoms with Crippen molar-refractivity contribution in [3.05, 3.63) is 11.6 Å². The van der Waals surface area contributed by atoms with Crippen LogP contribution in [0.5, 0.6) is 0 Å². The minimum Gasteiger partial charge on any atom is -0.481 e. The van der Waals surface area contributed by atoms with Gasteiger partial charge in [0.05, 0.1) is 23.7 Å². The lowest BCUT2D eigenvalue weighted by Gasteiger charge is -2.72. The van der Waals surface area contributed by atoms with Crippen molar-refractivity contribution in [3.63, 3.8) is 0 Å². The molecule has 4 saturated carbocycles. The summed E-state index contributed by atoms with van der Waals surface area (Å²) < 4.78 is 0. The Morgan fingerprint density at radius 3 is 2.11 bits per heavy atom. The number of carbonyl (C=O) groups is 1. The molecule has 10 atom stereocenters. The standard InChI is InChI=1S/C30H48O5/c1-25(2)12-14-30(24(34)35)15-13-27(5)17(22(30)23(25)33)8-9-19-28(27,6)11-10-18-26(3,4)20(31)16-21(32)29(18,19)7/h8,18-23,31-33H,9-16H2,1-7H3,(H,34,35). The van der Waals surface area contributed by atoms with Crippen LogP contribution in [0.1, 0.15) is 99.8 Å². The fourth-order valence-corrected chi connectivity index (χ4v) is 10.5. The number of rotatable bonds is 1. The molecule has 0 aromatic carbocycles. The molecule has 0 aromatic heterocycles. The number of hydrogen-bond acceptors (Lipinski definition) is 4. The van der Waals surface area contributed by atoms with E-state index in [0.717, 1.165) is 32.1 Å². The van der Waals surface area contributed by atoms with Gasteiger partial charge in [-0.05, 0) is 78.4 Å². The van der Waals surface area contributed by atoms with Gasteiger partial charge >= 0.3 is 5.97 Å². The zero-order valence-electron chi connectivity index (χ0n) is 22.9. The average molecular weight is 489 g/mol. The second-order valence-corrected chi connectivity index (χ2v) is 15.1. The van der Waals surface area contributed by atoms with Gasteiger partial charge in [0.2, 0.25) is 0 Å². The molecule has 35 heavy (non-hydrogen) atoms. The van der Waals surface area contributed by atoms with Crippen LogP contribution in [0.15, 0.2) is 11.6 Å². The number of fused-ring (bicyclic) bond motifs is 7. The first-order chi connectivity index (χ1) is 16.0. The summed E-state index contributed by atoms with van der Waals surface area (Å²) in [4.78, 5) is 12.8. The maximum absolute atomic E-state index is 12.8. The van der Waals surface area contributed by atoms with Crippen LogP contribution in [-0.4, -0.2) is 44.7 Å². The van der Waals surface area contributed by atoms with Crippen LogP contribution in [0.2, 0.25) is 0 Å². The Morgan fingerprint density at radius 2 is 1.49 bits per heavy atom. The molecule has 4 fully saturated rings. The van der Waals surface area contributed by atoms with Gasteiger partial charge in [-0.15, -0.1) is 0 Å². The Kier molecular flexibility index (Phi) is 5.40. The van der Waals surface area contributed by atoms with Crippen molar-refractivity contribution in [1.82, 2.24) is 0 Å². The highest BCUT2D eigenvalue weighted by molar-refractivity contribution is 5.77. The maximum atomic E-state index is 12.8. The third-order valence-corrected chi connectivity index (χ3v) is 13.4. The lowest BCUT2D eigenvalue weighted by atomic mass is 9.33. The molecule has 0 bridgehead atoms. The van der Waals surface area contributed by atoms with Crippen LogP contribution in [0.25, 0.3) is 0 Å². The number of hydrogen-bond donors (Lipinski definition) is 4. The van der Waals surface area contributed by atoms with E-state index in [-0.39, 0.29) is 44.8 Å². The lowest BCUT2D eigenvalue weighted by molar-refractivity contribution is -0.246. The third-order valence-electron chi connectivity index (χ3n) is 13.4. The van der Waals surface area contributed by atoms with E-state index in [1.54, 1.807) is 0 Å². The largest absolute Gasteiger partial charge is 0.481 e. The molecule has 0 spiro atoms. The van der Waals surface area contributed by atoms with Gasteiger partial charge in [0.1, 0.15) is 0 Å². The van der Waals surface area contributed by atoms with E-state index in [4.69, 9.17) is 0 Å². The van der Waals surface area contributed by atoms with Crippen molar-refractivity contribution >= 4 is 5.97 Å². The van der Waals surface area contributed by atoms with Crippen molar-refractivity contribution in [2.45, 2.75) is 118 Å². The molecular weight excluding hydrogens is 440 g/mol. The van der Waals surface area contributed by atoms with Gasteiger partial charge in [0.15, 0.2) is 0 Å². The van der Waals surface area contributed by atoms with Gasteiger partial charge in [0.25, 0.3) is 0 Å². The normalized spacial score (nSPS) is 54.4. The molecule has 0 aliphatic heterocycles. The number of aliphatic hydroxyl groups excluding tert-OH is 3. The van der Waals surface area contributed by atoms with Crippen LogP contribution in [0.4, 0.5) is 0 Å². The average Bonchev–Trinajstić information content (AvgIpc) is 2.75. The minimum atomic E-state index is -0.888. The van der Waals surface area contributed by atoms with Gasteiger partial charge in [-0.1, -0.05) is 60.1 Å².